The van der Waals surface area contributed by atoms with Crippen LogP contribution < -0.4 is 5.73 Å². The number of halogens is 1. The van der Waals surface area contributed by atoms with Crippen molar-refractivity contribution in [2.24, 2.45) is 10.7 Å². The molecule has 7 heteroatoms. The summed E-state index contributed by atoms with van der Waals surface area (Å²) in [6, 6.07) is 9.95. The van der Waals surface area contributed by atoms with Gasteiger partial charge in [0.25, 0.3) is 0 Å². The summed E-state index contributed by atoms with van der Waals surface area (Å²) >= 11 is 5.81. The molecule has 0 unspecified atom stereocenters. The molecule has 3 rings (SSSR count). The Balaban J connectivity index is 2.01. The highest BCUT2D eigenvalue weighted by molar-refractivity contribution is 6.29. The lowest BCUT2D eigenvalue weighted by molar-refractivity contribution is 0.100. The first kappa shape index (κ1) is 14.1. The summed E-state index contributed by atoms with van der Waals surface area (Å²) < 4.78 is 0. The highest BCUT2D eigenvalue weighted by Crippen LogP contribution is 2.26. The fraction of sp³-hybridized carbons (Fsp3) is 0. The number of rotatable bonds is 3. The summed E-state index contributed by atoms with van der Waals surface area (Å²) in [5.41, 5.74) is 7.10. The first-order valence-electron chi connectivity index (χ1n) is 6.36. The molecule has 0 saturated carbocycles. The normalized spacial score (nSPS) is 11.3. The molecule has 4 N–H and O–H groups in total. The monoisotopic (exact) mass is 314 g/mol. The molecule has 0 bridgehead atoms. The zero-order chi connectivity index (χ0) is 15.7. The van der Waals surface area contributed by atoms with Gasteiger partial charge in [-0.3, -0.25) is 9.79 Å². The number of nitrogens with one attached hydrogen (secondary N) is 1. The molecule has 110 valence electrons. The molecule has 0 aliphatic rings. The van der Waals surface area contributed by atoms with E-state index in [0.717, 1.165) is 0 Å². The van der Waals surface area contributed by atoms with Gasteiger partial charge in [-0.15, -0.1) is 0 Å². The predicted molar refractivity (Wildman–Crippen MR) is 85.0 cm³/mol. The largest absolute Gasteiger partial charge is 0.494 e. The van der Waals surface area contributed by atoms with E-state index >= 15 is 0 Å². The fourth-order valence-electron chi connectivity index (χ4n) is 2.06. The zero-order valence-corrected chi connectivity index (χ0v) is 12.0. The highest BCUT2D eigenvalue weighted by atomic mass is 35.5. The second-order valence-electron chi connectivity index (χ2n) is 4.59. The third kappa shape index (κ3) is 2.64. The van der Waals surface area contributed by atoms with E-state index < -0.39 is 5.91 Å². The Morgan fingerprint density at radius 3 is 2.95 bits per heavy atom. The minimum Gasteiger partial charge on any atom is -0.494 e. The van der Waals surface area contributed by atoms with E-state index in [0.29, 0.717) is 33.0 Å². The van der Waals surface area contributed by atoms with Gasteiger partial charge < -0.3 is 15.8 Å². The fourth-order valence-corrected chi connectivity index (χ4v) is 2.21. The number of pyridine rings is 1. The molecular weight excluding hydrogens is 304 g/mol. The number of H-pyrrole nitrogens is 1. The molecule has 1 amide bonds. The number of primary amides is 1. The van der Waals surface area contributed by atoms with Crippen molar-refractivity contribution in [3.63, 3.8) is 0 Å². The van der Waals surface area contributed by atoms with E-state index in [-0.39, 0.29) is 5.88 Å². The average molecular weight is 315 g/mol. The minimum atomic E-state index is -0.522. The molecule has 2 aromatic heterocycles. The maximum atomic E-state index is 11.2. The number of nitrogens with zero attached hydrogens (tertiary/aromatic N) is 2. The second-order valence-corrected chi connectivity index (χ2v) is 4.98. The lowest BCUT2D eigenvalue weighted by Crippen LogP contribution is -2.10. The van der Waals surface area contributed by atoms with Crippen molar-refractivity contribution in [1.29, 1.82) is 0 Å². The summed E-state index contributed by atoms with van der Waals surface area (Å²) in [4.78, 5) is 22.2. The summed E-state index contributed by atoms with van der Waals surface area (Å²) in [6.07, 6.45) is 1.49. The molecule has 0 atom stereocenters. The number of aromatic amines is 1. The van der Waals surface area contributed by atoms with Crippen molar-refractivity contribution in [3.8, 4) is 5.88 Å². The van der Waals surface area contributed by atoms with Gasteiger partial charge in [-0.1, -0.05) is 17.7 Å². The minimum absolute atomic E-state index is 0.0560. The topological polar surface area (TPSA) is 104 Å². The first-order chi connectivity index (χ1) is 10.5. The van der Waals surface area contributed by atoms with Crippen LogP contribution in [-0.4, -0.2) is 27.2 Å². The summed E-state index contributed by atoms with van der Waals surface area (Å²) in [5.74, 6) is -0.578. The van der Waals surface area contributed by atoms with E-state index in [4.69, 9.17) is 17.3 Å². The van der Waals surface area contributed by atoms with E-state index in [1.165, 1.54) is 6.21 Å². The Bertz CT molecular complexity index is 902. The Labute approximate surface area is 130 Å². The SMILES string of the molecule is NC(=O)c1cccc(N=Cc2c(O)[nH]c3nc(Cl)ccc23)c1. The first-order valence-corrected chi connectivity index (χ1v) is 6.73. The van der Waals surface area contributed by atoms with Crippen molar-refractivity contribution in [2.45, 2.75) is 0 Å². The molecule has 0 radical (unpaired) electrons. The lowest BCUT2D eigenvalue weighted by Gasteiger charge is -1.97. The smallest absolute Gasteiger partial charge is 0.248 e. The van der Waals surface area contributed by atoms with Gasteiger partial charge in [0.2, 0.25) is 5.91 Å². The van der Waals surface area contributed by atoms with Gasteiger partial charge in [0, 0.05) is 17.2 Å². The van der Waals surface area contributed by atoms with E-state index in [2.05, 4.69) is 15.0 Å². The van der Waals surface area contributed by atoms with Crippen molar-refractivity contribution in [2.75, 3.05) is 0 Å². The van der Waals surface area contributed by atoms with Gasteiger partial charge >= 0.3 is 0 Å². The number of aromatic hydroxyl groups is 1. The van der Waals surface area contributed by atoms with Crippen molar-refractivity contribution in [3.05, 3.63) is 52.7 Å². The summed E-state index contributed by atoms with van der Waals surface area (Å²) in [5, 5.41) is 11.0. The number of benzene rings is 1. The molecule has 0 aliphatic carbocycles. The lowest BCUT2D eigenvalue weighted by atomic mass is 10.2. The molecule has 0 spiro atoms. The van der Waals surface area contributed by atoms with Crippen LogP contribution in [0.2, 0.25) is 5.15 Å². The van der Waals surface area contributed by atoms with E-state index in [9.17, 15) is 9.90 Å². The third-order valence-corrected chi connectivity index (χ3v) is 3.33. The Morgan fingerprint density at radius 1 is 1.36 bits per heavy atom. The van der Waals surface area contributed by atoms with Crippen LogP contribution in [0.4, 0.5) is 5.69 Å². The maximum Gasteiger partial charge on any atom is 0.248 e. The molecule has 1 aromatic carbocycles. The van der Waals surface area contributed by atoms with Crippen LogP contribution in [0.1, 0.15) is 15.9 Å². The number of amides is 1. The van der Waals surface area contributed by atoms with Gasteiger partial charge in [-0.2, -0.15) is 0 Å². The van der Waals surface area contributed by atoms with Crippen LogP contribution in [0.3, 0.4) is 0 Å². The van der Waals surface area contributed by atoms with Gasteiger partial charge in [-0.25, -0.2) is 4.98 Å². The van der Waals surface area contributed by atoms with Crippen molar-refractivity contribution >= 4 is 40.4 Å². The average Bonchev–Trinajstić information content (AvgIpc) is 2.80. The zero-order valence-electron chi connectivity index (χ0n) is 11.2. The van der Waals surface area contributed by atoms with E-state index in [1.807, 2.05) is 0 Å². The second kappa shape index (κ2) is 5.50. The number of carbonyl (C=O) groups excluding carboxylic acids is 1. The van der Waals surface area contributed by atoms with Gasteiger partial charge in [0.1, 0.15) is 10.8 Å². The van der Waals surface area contributed by atoms with Crippen LogP contribution in [0.25, 0.3) is 11.0 Å². The summed E-state index contributed by atoms with van der Waals surface area (Å²) in [6.45, 7) is 0. The third-order valence-electron chi connectivity index (χ3n) is 3.12. The molecule has 6 nitrogen and oxygen atoms in total. The van der Waals surface area contributed by atoms with Crippen molar-refractivity contribution in [1.82, 2.24) is 9.97 Å². The Morgan fingerprint density at radius 2 is 2.18 bits per heavy atom. The van der Waals surface area contributed by atoms with Gasteiger partial charge in [0.05, 0.1) is 11.3 Å². The highest BCUT2D eigenvalue weighted by Gasteiger charge is 2.10. The number of aliphatic imine (C=N–C) groups is 1. The Kier molecular flexibility index (Phi) is 3.52. The molecule has 0 aliphatic heterocycles. The number of hydrogen-bond donors (Lipinski definition) is 3. The number of aromatic nitrogens is 2. The molecule has 0 fully saturated rings. The van der Waals surface area contributed by atoms with Gasteiger partial charge in [-0.05, 0) is 30.3 Å². The van der Waals surface area contributed by atoms with Crippen LogP contribution in [-0.2, 0) is 0 Å². The molecular formula is C15H11ClN4O2. The number of fused-ring (bicyclic) bond motifs is 1. The van der Waals surface area contributed by atoms with Gasteiger partial charge in [0.15, 0.2) is 5.88 Å². The molecule has 22 heavy (non-hydrogen) atoms. The number of nitrogens with two attached hydrogens (primary N) is 1. The molecule has 3 aromatic rings. The van der Waals surface area contributed by atoms with Crippen LogP contribution in [0.5, 0.6) is 5.88 Å². The quantitative estimate of drug-likeness (QED) is 0.511. The molecule has 2 heterocycles. The number of carbonyl (C=O) groups is 1. The van der Waals surface area contributed by atoms with Crippen LogP contribution >= 0.6 is 11.6 Å². The van der Waals surface area contributed by atoms with Crippen LogP contribution in [0, 0.1) is 0 Å². The molecule has 0 saturated heterocycles. The Hall–Kier alpha value is -2.86. The predicted octanol–water partition coefficient (Wildman–Crippen LogP) is 2.77. The van der Waals surface area contributed by atoms with E-state index in [1.54, 1.807) is 36.4 Å². The maximum absolute atomic E-state index is 11.2. The van der Waals surface area contributed by atoms with Crippen molar-refractivity contribution < 1.29 is 9.90 Å². The summed E-state index contributed by atoms with van der Waals surface area (Å²) in [7, 11) is 0. The van der Waals surface area contributed by atoms with Crippen LogP contribution in [0.15, 0.2) is 41.4 Å². The standard InChI is InChI=1S/C15H11ClN4O2/c16-12-5-4-10-11(15(22)20-14(10)19-12)7-18-9-3-1-2-8(6-9)13(17)21/h1-7,22H,(H2,17,21)(H,19,20). The number of hydrogen-bond acceptors (Lipinski definition) is 4.